The van der Waals surface area contributed by atoms with Gasteiger partial charge >= 0.3 is 0 Å². The van der Waals surface area contributed by atoms with Gasteiger partial charge in [-0.15, -0.1) is 0 Å². The Bertz CT molecular complexity index is 1410. The minimum absolute atomic E-state index is 0.0318. The highest BCUT2D eigenvalue weighted by Gasteiger charge is 2.67. The number of ether oxygens (including phenoxy) is 2. The van der Waals surface area contributed by atoms with E-state index in [1.165, 1.54) is 0 Å². The second-order valence-electron chi connectivity index (χ2n) is 14.5. The lowest BCUT2D eigenvalue weighted by atomic mass is 9.76. The summed E-state index contributed by atoms with van der Waals surface area (Å²) in [7, 11) is 3.94. The van der Waals surface area contributed by atoms with Crippen LogP contribution in [0.1, 0.15) is 80.2 Å². The second kappa shape index (κ2) is 14.3. The number of aliphatic hydroxyl groups excluding tert-OH is 2. The van der Waals surface area contributed by atoms with Crippen molar-refractivity contribution in [2.24, 2.45) is 0 Å². The average molecular weight is 652 g/mol. The van der Waals surface area contributed by atoms with Gasteiger partial charge in [-0.1, -0.05) is 36.4 Å². The quantitative estimate of drug-likeness (QED) is 0.276. The van der Waals surface area contributed by atoms with Crippen LogP contribution in [-0.2, 0) is 37.7 Å². The van der Waals surface area contributed by atoms with Crippen LogP contribution in [0.4, 0.5) is 0 Å². The first kappa shape index (κ1) is 35.4. The molecule has 3 heterocycles. The Morgan fingerprint density at radius 2 is 1.81 bits per heavy atom. The third-order valence-electron chi connectivity index (χ3n) is 10.3. The molecule has 2 amide bonds. The van der Waals surface area contributed by atoms with Crippen molar-refractivity contribution in [2.45, 2.75) is 107 Å². The highest BCUT2D eigenvalue weighted by atomic mass is 16.8. The van der Waals surface area contributed by atoms with E-state index in [1.54, 1.807) is 18.7 Å². The molecule has 2 bridgehead atoms. The molecule has 3 aliphatic heterocycles. The Kier molecular flexibility index (Phi) is 10.8. The van der Waals surface area contributed by atoms with Gasteiger partial charge < -0.3 is 39.9 Å². The molecule has 258 valence electrons. The van der Waals surface area contributed by atoms with Crippen LogP contribution >= 0.6 is 0 Å². The number of benzene rings is 2. The van der Waals surface area contributed by atoms with Crippen molar-refractivity contribution in [2.75, 3.05) is 40.3 Å². The van der Waals surface area contributed by atoms with Crippen molar-refractivity contribution in [3.05, 3.63) is 70.3 Å². The third kappa shape index (κ3) is 7.58. The number of carbonyl (C=O) groups is 2. The zero-order valence-corrected chi connectivity index (χ0v) is 28.6. The van der Waals surface area contributed by atoms with Gasteiger partial charge in [-0.25, -0.2) is 0 Å². The molecule has 5 atom stereocenters. The molecule has 0 spiro atoms. The third-order valence-corrected chi connectivity index (χ3v) is 10.3. The van der Waals surface area contributed by atoms with E-state index < -0.39 is 29.2 Å². The van der Waals surface area contributed by atoms with Gasteiger partial charge in [0.05, 0.1) is 18.3 Å². The van der Waals surface area contributed by atoms with Crippen LogP contribution in [0.2, 0.25) is 0 Å². The van der Waals surface area contributed by atoms with Crippen LogP contribution in [0.25, 0.3) is 0 Å². The van der Waals surface area contributed by atoms with Crippen LogP contribution in [0.15, 0.2) is 42.5 Å². The summed E-state index contributed by atoms with van der Waals surface area (Å²) < 4.78 is 12.5. The number of hydrogen-bond acceptors (Lipinski definition) is 8. The van der Waals surface area contributed by atoms with Crippen molar-refractivity contribution < 1.29 is 34.4 Å². The lowest BCUT2D eigenvalue weighted by Gasteiger charge is -2.48. The number of nitrogens with one attached hydrogen (secondary N) is 1. The number of rotatable bonds is 12. The van der Waals surface area contributed by atoms with E-state index in [2.05, 4.69) is 36.5 Å². The highest BCUT2D eigenvalue weighted by molar-refractivity contribution is 5.87. The zero-order chi connectivity index (χ0) is 34.0. The van der Waals surface area contributed by atoms with Gasteiger partial charge in [-0.3, -0.25) is 9.59 Å². The molecule has 10 heteroatoms. The summed E-state index contributed by atoms with van der Waals surface area (Å²) >= 11 is 0. The fraction of sp³-hybridized carbons (Fsp3) is 0.622. The molecular weight excluding hydrogens is 598 g/mol. The normalized spacial score (nSPS) is 27.7. The second-order valence-corrected chi connectivity index (χ2v) is 14.5. The van der Waals surface area contributed by atoms with Crippen molar-refractivity contribution in [1.82, 2.24) is 15.1 Å². The number of carbonyl (C=O) groups excluding carboxylic acids is 2. The molecule has 3 aliphatic rings. The number of aliphatic hydroxyl groups is 3. The fourth-order valence-corrected chi connectivity index (χ4v) is 7.20. The molecular formula is C37H53N3O7. The Morgan fingerprint density at radius 3 is 2.51 bits per heavy atom. The summed E-state index contributed by atoms with van der Waals surface area (Å²) in [5.41, 5.74) is 2.37. The average Bonchev–Trinajstić information content (AvgIpc) is 3.39. The fourth-order valence-electron chi connectivity index (χ4n) is 7.20. The van der Waals surface area contributed by atoms with Crippen molar-refractivity contribution in [3.8, 4) is 0 Å². The number of piperidine rings is 1. The molecule has 0 aromatic heterocycles. The highest BCUT2D eigenvalue weighted by Crippen LogP contribution is 2.53. The molecule has 0 radical (unpaired) electrons. The Hall–Kier alpha value is -2.86. The molecule has 0 saturated carbocycles. The maximum Gasteiger partial charge on any atom is 0.242 e. The maximum atomic E-state index is 13.1. The summed E-state index contributed by atoms with van der Waals surface area (Å²) in [5.74, 6) is -1.25. The number of fused-ring (bicyclic) bond motifs is 2. The lowest BCUT2D eigenvalue weighted by molar-refractivity contribution is -0.308. The summed E-state index contributed by atoms with van der Waals surface area (Å²) in [6.45, 7) is 7.14. The van der Waals surface area contributed by atoms with Crippen LogP contribution in [-0.4, -0.2) is 107 Å². The van der Waals surface area contributed by atoms with Gasteiger partial charge in [0.25, 0.3) is 0 Å². The number of hydrogen-bond donors (Lipinski definition) is 4. The van der Waals surface area contributed by atoms with E-state index in [1.807, 2.05) is 37.2 Å². The van der Waals surface area contributed by atoms with E-state index >= 15 is 0 Å². The zero-order valence-electron chi connectivity index (χ0n) is 28.6. The van der Waals surface area contributed by atoms with Gasteiger partial charge in [-0.2, -0.15) is 0 Å². The summed E-state index contributed by atoms with van der Waals surface area (Å²) in [6.07, 6.45) is 2.91. The monoisotopic (exact) mass is 651 g/mol. The first-order chi connectivity index (χ1) is 22.2. The summed E-state index contributed by atoms with van der Waals surface area (Å²) in [4.78, 5) is 29.8. The molecule has 0 aliphatic carbocycles. The smallest absolute Gasteiger partial charge is 0.242 e. The van der Waals surface area contributed by atoms with Crippen LogP contribution in [0.5, 0.6) is 0 Å². The van der Waals surface area contributed by atoms with Crippen molar-refractivity contribution >= 4 is 11.8 Å². The topological polar surface area (TPSA) is 132 Å². The number of aryl methyl sites for hydroxylation is 2. The van der Waals surface area contributed by atoms with E-state index in [0.29, 0.717) is 25.9 Å². The molecule has 3 saturated heterocycles. The standard InChI is InChI=1S/C37H53N3O7/c1-25-12-17-29(37-23-31(41)33(43)36(47-37,24-46-37)35(2,3)45)22-28(25)21-27-15-13-26(14-16-27)9-8-11-32(42)40-19-7-6-10-30(40)34(44)38-18-20-39(4)5/h12-17,22,30-31,33,41,43,45H,6-11,18-21,23-24H2,1-5H3,(H,38,44)/t30?,31?,33-,36-,37+/m0/s1. The minimum atomic E-state index is -1.44. The SMILES string of the molecule is Cc1ccc([C@]23CC(O)[C@H](O)[C@](C(C)(C)O)(CO2)O3)cc1Cc1ccc(CCCC(=O)N2CCCCC2C(=O)NCCN(C)C)cc1. The first-order valence-corrected chi connectivity index (χ1v) is 17.1. The molecule has 2 unspecified atom stereocenters. The van der Waals surface area contributed by atoms with Gasteiger partial charge in [0.1, 0.15) is 12.1 Å². The minimum Gasteiger partial charge on any atom is -0.390 e. The van der Waals surface area contributed by atoms with Gasteiger partial charge in [0.15, 0.2) is 11.4 Å². The molecule has 4 N–H and O–H groups in total. The lowest BCUT2D eigenvalue weighted by Crippen LogP contribution is -2.66. The van der Waals surface area contributed by atoms with Gasteiger partial charge in [0, 0.05) is 38.0 Å². The predicted octanol–water partition coefficient (Wildman–Crippen LogP) is 2.80. The molecule has 10 nitrogen and oxygen atoms in total. The Labute approximate surface area is 279 Å². The Balaban J connectivity index is 1.17. The van der Waals surface area contributed by atoms with Gasteiger partial charge in [0.2, 0.25) is 11.8 Å². The van der Waals surface area contributed by atoms with Crippen LogP contribution in [0.3, 0.4) is 0 Å². The van der Waals surface area contributed by atoms with Crippen molar-refractivity contribution in [3.63, 3.8) is 0 Å². The molecule has 5 rings (SSSR count). The van der Waals surface area contributed by atoms with Crippen LogP contribution < -0.4 is 5.32 Å². The predicted molar refractivity (Wildman–Crippen MR) is 179 cm³/mol. The number of amides is 2. The van der Waals surface area contributed by atoms with E-state index in [-0.39, 0.29) is 30.9 Å². The summed E-state index contributed by atoms with van der Waals surface area (Å²) in [5, 5.41) is 35.4. The van der Waals surface area contributed by atoms with Gasteiger partial charge in [-0.05, 0) is 102 Å². The van der Waals surface area contributed by atoms with E-state index in [0.717, 1.165) is 66.5 Å². The van der Waals surface area contributed by atoms with E-state index in [9.17, 15) is 24.9 Å². The number of nitrogens with zero attached hydrogens (tertiary/aromatic N) is 2. The Morgan fingerprint density at radius 1 is 1.09 bits per heavy atom. The molecule has 2 aromatic rings. The maximum absolute atomic E-state index is 13.1. The largest absolute Gasteiger partial charge is 0.390 e. The van der Waals surface area contributed by atoms with E-state index in [4.69, 9.17) is 9.47 Å². The number of likely N-dealkylation sites (tertiary alicyclic amines) is 1. The van der Waals surface area contributed by atoms with Crippen molar-refractivity contribution in [1.29, 1.82) is 0 Å². The summed E-state index contributed by atoms with van der Waals surface area (Å²) in [6, 6.07) is 14.1. The number of likely N-dealkylation sites (N-methyl/N-ethyl adjacent to an activating group) is 1. The van der Waals surface area contributed by atoms with Crippen LogP contribution in [0, 0.1) is 6.92 Å². The molecule has 47 heavy (non-hydrogen) atoms. The molecule has 2 aromatic carbocycles. The molecule has 3 fully saturated rings. The first-order valence-electron chi connectivity index (χ1n) is 17.1.